The summed E-state index contributed by atoms with van der Waals surface area (Å²) in [5.41, 5.74) is -5.39. The third kappa shape index (κ3) is 2.54. The SMILES string of the molecule is O=C(O)C1(CCSC(F)(F)F)CC2CCC1O2. The van der Waals surface area contributed by atoms with Crippen molar-refractivity contribution in [3.05, 3.63) is 0 Å². The van der Waals surface area contributed by atoms with Gasteiger partial charge in [-0.15, -0.1) is 0 Å². The lowest BCUT2D eigenvalue weighted by molar-refractivity contribution is -0.152. The molecule has 2 saturated heterocycles. The second kappa shape index (κ2) is 4.35. The molecule has 0 radical (unpaired) electrons. The zero-order valence-corrected chi connectivity index (χ0v) is 9.81. The van der Waals surface area contributed by atoms with Crippen LogP contribution in [0.4, 0.5) is 13.2 Å². The Balaban J connectivity index is 1.97. The maximum atomic E-state index is 12.0. The Morgan fingerprint density at radius 1 is 1.47 bits per heavy atom. The third-order valence-corrected chi connectivity index (χ3v) is 4.29. The Labute approximate surface area is 101 Å². The first kappa shape index (κ1) is 13.0. The van der Waals surface area contributed by atoms with Crippen molar-refractivity contribution in [2.24, 2.45) is 5.41 Å². The van der Waals surface area contributed by atoms with Gasteiger partial charge in [-0.2, -0.15) is 13.2 Å². The van der Waals surface area contributed by atoms with Crippen molar-refractivity contribution in [3.8, 4) is 0 Å². The van der Waals surface area contributed by atoms with Gasteiger partial charge in [0, 0.05) is 5.75 Å². The topological polar surface area (TPSA) is 46.5 Å². The fourth-order valence-corrected chi connectivity index (χ4v) is 3.44. The van der Waals surface area contributed by atoms with Crippen molar-refractivity contribution in [3.63, 3.8) is 0 Å². The van der Waals surface area contributed by atoms with Gasteiger partial charge in [0.2, 0.25) is 0 Å². The maximum absolute atomic E-state index is 12.0. The molecule has 1 N–H and O–H groups in total. The minimum Gasteiger partial charge on any atom is -0.481 e. The van der Waals surface area contributed by atoms with Crippen LogP contribution in [0.5, 0.6) is 0 Å². The number of carboxylic acid groups (broad SMARTS) is 1. The van der Waals surface area contributed by atoms with Gasteiger partial charge in [-0.1, -0.05) is 11.8 Å². The lowest BCUT2D eigenvalue weighted by Crippen LogP contribution is -2.41. The molecule has 0 aromatic rings. The number of halogens is 3. The van der Waals surface area contributed by atoms with E-state index in [4.69, 9.17) is 4.74 Å². The van der Waals surface area contributed by atoms with Crippen LogP contribution in [0, 0.1) is 5.41 Å². The van der Waals surface area contributed by atoms with Crippen molar-refractivity contribution in [2.45, 2.75) is 43.4 Å². The molecule has 3 unspecified atom stereocenters. The molecule has 0 spiro atoms. The summed E-state index contributed by atoms with van der Waals surface area (Å²) in [6.45, 7) is 0. The van der Waals surface area contributed by atoms with Gasteiger partial charge in [0.1, 0.15) is 0 Å². The molecule has 7 heteroatoms. The van der Waals surface area contributed by atoms with Gasteiger partial charge < -0.3 is 9.84 Å². The Kier molecular flexibility index (Phi) is 3.33. The van der Waals surface area contributed by atoms with E-state index in [9.17, 15) is 23.1 Å². The summed E-state index contributed by atoms with van der Waals surface area (Å²) in [6.07, 6.45) is 1.37. The number of carbonyl (C=O) groups is 1. The molecular formula is C10H13F3O3S. The summed E-state index contributed by atoms with van der Waals surface area (Å²) in [4.78, 5) is 11.3. The van der Waals surface area contributed by atoms with Gasteiger partial charge in [0.25, 0.3) is 0 Å². The summed E-state index contributed by atoms with van der Waals surface area (Å²) in [5.74, 6) is -1.24. The van der Waals surface area contributed by atoms with Crippen LogP contribution in [0.1, 0.15) is 25.7 Å². The van der Waals surface area contributed by atoms with Crippen LogP contribution >= 0.6 is 11.8 Å². The van der Waals surface area contributed by atoms with E-state index in [1.807, 2.05) is 0 Å². The predicted molar refractivity (Wildman–Crippen MR) is 55.7 cm³/mol. The first-order chi connectivity index (χ1) is 7.83. The van der Waals surface area contributed by atoms with Crippen LogP contribution < -0.4 is 0 Å². The van der Waals surface area contributed by atoms with Crippen LogP contribution in [0.25, 0.3) is 0 Å². The predicted octanol–water partition coefficient (Wildman–Crippen LogP) is 2.65. The fourth-order valence-electron chi connectivity index (χ4n) is 2.74. The average molecular weight is 270 g/mol. The highest BCUT2D eigenvalue weighted by Gasteiger charge is 2.57. The number of ether oxygens (including phenoxy) is 1. The van der Waals surface area contributed by atoms with E-state index in [-0.39, 0.29) is 30.0 Å². The maximum Gasteiger partial charge on any atom is 0.441 e. The molecule has 3 nitrogen and oxygen atoms in total. The molecule has 2 heterocycles. The zero-order valence-electron chi connectivity index (χ0n) is 9.00. The highest BCUT2D eigenvalue weighted by Crippen LogP contribution is 2.51. The fraction of sp³-hybridized carbons (Fsp3) is 0.900. The molecule has 2 aliphatic rings. The normalized spacial score (nSPS) is 36.4. The van der Waals surface area contributed by atoms with Crippen molar-refractivity contribution in [1.82, 2.24) is 0 Å². The van der Waals surface area contributed by atoms with Crippen LogP contribution in [0.15, 0.2) is 0 Å². The average Bonchev–Trinajstić information content (AvgIpc) is 2.75. The van der Waals surface area contributed by atoms with Gasteiger partial charge in [0.05, 0.1) is 17.6 Å². The first-order valence-electron chi connectivity index (χ1n) is 5.43. The largest absolute Gasteiger partial charge is 0.481 e. The van der Waals surface area contributed by atoms with E-state index >= 15 is 0 Å². The second-order valence-corrected chi connectivity index (χ2v) is 5.69. The Morgan fingerprint density at radius 3 is 2.59 bits per heavy atom. The van der Waals surface area contributed by atoms with Crippen molar-refractivity contribution < 1.29 is 27.8 Å². The molecular weight excluding hydrogens is 257 g/mol. The number of alkyl halides is 3. The summed E-state index contributed by atoms with van der Waals surface area (Å²) in [6, 6.07) is 0. The van der Waals surface area contributed by atoms with E-state index in [0.29, 0.717) is 12.8 Å². The zero-order chi connectivity index (χ0) is 12.7. The second-order valence-electron chi connectivity index (χ2n) is 4.53. The van der Waals surface area contributed by atoms with Crippen molar-refractivity contribution >= 4 is 17.7 Å². The van der Waals surface area contributed by atoms with Gasteiger partial charge >= 0.3 is 11.5 Å². The van der Waals surface area contributed by atoms with E-state index in [0.717, 1.165) is 6.42 Å². The summed E-state index contributed by atoms with van der Waals surface area (Å²) in [5, 5.41) is 9.24. The van der Waals surface area contributed by atoms with Crippen LogP contribution in [-0.2, 0) is 9.53 Å². The molecule has 0 saturated carbocycles. The Bertz CT molecular complexity index is 320. The number of thioether (sulfide) groups is 1. The number of carboxylic acids is 1. The molecule has 0 amide bonds. The van der Waals surface area contributed by atoms with Crippen LogP contribution in [0.2, 0.25) is 0 Å². The Morgan fingerprint density at radius 2 is 2.18 bits per heavy atom. The Hall–Kier alpha value is -0.430. The van der Waals surface area contributed by atoms with E-state index in [1.165, 1.54) is 0 Å². The summed E-state index contributed by atoms with van der Waals surface area (Å²) in [7, 11) is 0. The van der Waals surface area contributed by atoms with Gasteiger partial charge in [-0.3, -0.25) is 4.79 Å². The lowest BCUT2D eigenvalue weighted by Gasteiger charge is -2.30. The number of hydrogen-bond acceptors (Lipinski definition) is 3. The monoisotopic (exact) mass is 270 g/mol. The quantitative estimate of drug-likeness (QED) is 0.853. The van der Waals surface area contributed by atoms with Crippen molar-refractivity contribution in [2.75, 3.05) is 5.75 Å². The molecule has 2 aliphatic heterocycles. The van der Waals surface area contributed by atoms with Gasteiger partial charge in [-0.05, 0) is 25.7 Å². The molecule has 98 valence electrons. The molecule has 0 aromatic carbocycles. The summed E-state index contributed by atoms with van der Waals surface area (Å²) < 4.78 is 41.5. The van der Waals surface area contributed by atoms with Gasteiger partial charge in [-0.25, -0.2) is 0 Å². The first-order valence-corrected chi connectivity index (χ1v) is 6.42. The molecule has 3 atom stereocenters. The molecule has 17 heavy (non-hydrogen) atoms. The molecule has 2 fully saturated rings. The number of aliphatic carboxylic acids is 1. The molecule has 2 bridgehead atoms. The number of hydrogen-bond donors (Lipinski definition) is 1. The van der Waals surface area contributed by atoms with Crippen molar-refractivity contribution in [1.29, 1.82) is 0 Å². The van der Waals surface area contributed by atoms with E-state index in [2.05, 4.69) is 0 Å². The number of fused-ring (bicyclic) bond motifs is 2. The van der Waals surface area contributed by atoms with Crippen LogP contribution in [-0.4, -0.2) is 34.5 Å². The third-order valence-electron chi connectivity index (χ3n) is 3.56. The smallest absolute Gasteiger partial charge is 0.441 e. The van der Waals surface area contributed by atoms with Gasteiger partial charge in [0.15, 0.2) is 0 Å². The minimum atomic E-state index is -4.29. The molecule has 0 aliphatic carbocycles. The molecule has 2 rings (SSSR count). The summed E-state index contributed by atoms with van der Waals surface area (Å²) >= 11 is -0.155. The highest BCUT2D eigenvalue weighted by molar-refractivity contribution is 8.00. The minimum absolute atomic E-state index is 0.0215. The van der Waals surface area contributed by atoms with E-state index in [1.54, 1.807) is 0 Å². The lowest BCUT2D eigenvalue weighted by atomic mass is 9.72. The van der Waals surface area contributed by atoms with E-state index < -0.39 is 23.0 Å². The molecule has 0 aromatic heterocycles. The van der Waals surface area contributed by atoms with Crippen LogP contribution in [0.3, 0.4) is 0 Å². The standard InChI is InChI=1S/C10H13F3O3S/c11-10(12,13)17-4-3-9(8(14)15)5-6-1-2-7(9)16-6/h6-7H,1-5H2,(H,14,15). The highest BCUT2D eigenvalue weighted by atomic mass is 32.2. The number of rotatable bonds is 4.